The molecule has 0 radical (unpaired) electrons. The van der Waals surface area contributed by atoms with Crippen LogP contribution in [0, 0.1) is 5.82 Å². The third-order valence-electron chi connectivity index (χ3n) is 2.82. The van der Waals surface area contributed by atoms with E-state index in [0.717, 1.165) is 18.9 Å². The summed E-state index contributed by atoms with van der Waals surface area (Å²) in [5.41, 5.74) is 7.23. The van der Waals surface area contributed by atoms with Crippen molar-refractivity contribution in [3.63, 3.8) is 0 Å². The van der Waals surface area contributed by atoms with Gasteiger partial charge >= 0.3 is 5.97 Å². The van der Waals surface area contributed by atoms with Gasteiger partial charge in [0, 0.05) is 6.04 Å². The van der Waals surface area contributed by atoms with Crippen LogP contribution in [0.5, 0.6) is 0 Å². The van der Waals surface area contributed by atoms with Crippen molar-refractivity contribution in [2.45, 2.75) is 25.3 Å². The molecule has 0 saturated heterocycles. The molecule has 0 spiro atoms. The highest BCUT2D eigenvalue weighted by Crippen LogP contribution is 2.31. The Kier molecular flexibility index (Phi) is 2.44. The van der Waals surface area contributed by atoms with Crippen molar-refractivity contribution in [1.82, 2.24) is 0 Å². The van der Waals surface area contributed by atoms with Gasteiger partial charge in [0.15, 0.2) is 0 Å². The van der Waals surface area contributed by atoms with Gasteiger partial charge in [0.2, 0.25) is 0 Å². The van der Waals surface area contributed by atoms with Gasteiger partial charge in [-0.15, -0.1) is 0 Å². The van der Waals surface area contributed by atoms with Crippen LogP contribution in [0.15, 0.2) is 12.1 Å². The molecule has 80 valence electrons. The Hall–Kier alpha value is -1.42. The van der Waals surface area contributed by atoms with Gasteiger partial charge in [0.25, 0.3) is 0 Å². The Balaban J connectivity index is 2.62. The van der Waals surface area contributed by atoms with Crippen molar-refractivity contribution in [2.75, 3.05) is 0 Å². The molecule has 1 aliphatic rings. The maximum atomic E-state index is 13.2. The molecule has 0 unspecified atom stereocenters. The van der Waals surface area contributed by atoms with Gasteiger partial charge in [-0.05, 0) is 42.5 Å². The molecule has 0 fully saturated rings. The molecular formula is C11H12FNO2. The molecule has 1 aliphatic carbocycles. The number of carboxylic acids is 1. The summed E-state index contributed by atoms with van der Waals surface area (Å²) in [6.07, 6.45) is 2.32. The van der Waals surface area contributed by atoms with E-state index in [9.17, 15) is 9.18 Å². The van der Waals surface area contributed by atoms with Crippen LogP contribution in [-0.2, 0) is 6.42 Å². The quantitative estimate of drug-likeness (QED) is 0.742. The van der Waals surface area contributed by atoms with Crippen molar-refractivity contribution in [3.8, 4) is 0 Å². The number of nitrogens with two attached hydrogens (primary N) is 1. The molecular weight excluding hydrogens is 197 g/mol. The predicted molar refractivity (Wildman–Crippen MR) is 53.2 cm³/mol. The third-order valence-corrected chi connectivity index (χ3v) is 2.82. The fourth-order valence-corrected chi connectivity index (χ4v) is 2.11. The van der Waals surface area contributed by atoms with Gasteiger partial charge in [-0.3, -0.25) is 0 Å². The summed E-state index contributed by atoms with van der Waals surface area (Å²) in [5.74, 6) is -1.61. The molecule has 2 rings (SSSR count). The zero-order valence-corrected chi connectivity index (χ0v) is 8.16. The van der Waals surface area contributed by atoms with Crippen LogP contribution in [0.25, 0.3) is 0 Å². The predicted octanol–water partition coefficient (Wildman–Crippen LogP) is 1.86. The summed E-state index contributed by atoms with van der Waals surface area (Å²) < 4.78 is 13.2. The van der Waals surface area contributed by atoms with E-state index in [1.807, 2.05) is 0 Å². The van der Waals surface area contributed by atoms with Crippen molar-refractivity contribution in [1.29, 1.82) is 0 Å². The molecule has 15 heavy (non-hydrogen) atoms. The SMILES string of the molecule is N[C@H]1CCCc2c(C(=O)O)cc(F)cc21. The van der Waals surface area contributed by atoms with Crippen LogP contribution in [0.2, 0.25) is 0 Å². The highest BCUT2D eigenvalue weighted by atomic mass is 19.1. The van der Waals surface area contributed by atoms with E-state index < -0.39 is 11.8 Å². The van der Waals surface area contributed by atoms with Crippen LogP contribution >= 0.6 is 0 Å². The lowest BCUT2D eigenvalue weighted by Crippen LogP contribution is -2.20. The topological polar surface area (TPSA) is 63.3 Å². The molecule has 1 aromatic carbocycles. The van der Waals surface area contributed by atoms with Crippen LogP contribution in [0.3, 0.4) is 0 Å². The van der Waals surface area contributed by atoms with Crippen LogP contribution < -0.4 is 5.73 Å². The highest BCUT2D eigenvalue weighted by molar-refractivity contribution is 5.90. The number of hydrogen-bond donors (Lipinski definition) is 2. The average Bonchev–Trinajstić information content (AvgIpc) is 2.18. The maximum Gasteiger partial charge on any atom is 0.336 e. The van der Waals surface area contributed by atoms with Crippen LogP contribution in [0.4, 0.5) is 4.39 Å². The first-order valence-corrected chi connectivity index (χ1v) is 4.91. The Bertz CT molecular complexity index is 417. The number of halogens is 1. The van der Waals surface area contributed by atoms with E-state index in [-0.39, 0.29) is 11.6 Å². The van der Waals surface area contributed by atoms with E-state index in [4.69, 9.17) is 10.8 Å². The standard InChI is InChI=1S/C11H12FNO2/c12-6-4-8-7(2-1-3-10(8)13)9(5-6)11(14)15/h4-5,10H,1-3,13H2,(H,14,15)/t10-/m0/s1. The van der Waals surface area contributed by atoms with Gasteiger partial charge < -0.3 is 10.8 Å². The second kappa shape index (κ2) is 3.62. The monoisotopic (exact) mass is 209 g/mol. The minimum absolute atomic E-state index is 0.0557. The molecule has 1 aromatic rings. The fourth-order valence-electron chi connectivity index (χ4n) is 2.11. The minimum atomic E-state index is -1.08. The first-order valence-electron chi connectivity index (χ1n) is 4.91. The molecule has 0 bridgehead atoms. The highest BCUT2D eigenvalue weighted by Gasteiger charge is 2.23. The summed E-state index contributed by atoms with van der Waals surface area (Å²) in [5, 5.41) is 8.94. The number of carbonyl (C=O) groups is 1. The van der Waals surface area contributed by atoms with E-state index >= 15 is 0 Å². The Morgan fingerprint density at radius 2 is 2.27 bits per heavy atom. The number of aromatic carboxylic acids is 1. The lowest BCUT2D eigenvalue weighted by Gasteiger charge is -2.23. The average molecular weight is 209 g/mol. The van der Waals surface area contributed by atoms with Crippen molar-refractivity contribution in [2.24, 2.45) is 5.73 Å². The van der Waals surface area contributed by atoms with Gasteiger partial charge in [0.05, 0.1) is 5.56 Å². The molecule has 0 saturated carbocycles. The summed E-state index contributed by atoms with van der Waals surface area (Å²) >= 11 is 0. The largest absolute Gasteiger partial charge is 0.478 e. The smallest absolute Gasteiger partial charge is 0.336 e. The number of rotatable bonds is 1. The fraction of sp³-hybridized carbons (Fsp3) is 0.364. The molecule has 1 atom stereocenters. The Labute approximate surface area is 86.7 Å². The molecule has 3 N–H and O–H groups in total. The second-order valence-corrected chi connectivity index (χ2v) is 3.83. The second-order valence-electron chi connectivity index (χ2n) is 3.83. The summed E-state index contributed by atoms with van der Waals surface area (Å²) in [6, 6.07) is 2.19. The van der Waals surface area contributed by atoms with Crippen molar-refractivity contribution < 1.29 is 14.3 Å². The van der Waals surface area contributed by atoms with Gasteiger partial charge in [0.1, 0.15) is 5.82 Å². The van der Waals surface area contributed by atoms with Crippen LogP contribution in [-0.4, -0.2) is 11.1 Å². The first kappa shape index (κ1) is 10.1. The van der Waals surface area contributed by atoms with E-state index in [2.05, 4.69) is 0 Å². The van der Waals surface area contributed by atoms with E-state index in [1.54, 1.807) is 0 Å². The molecule has 0 aromatic heterocycles. The molecule has 0 heterocycles. The number of hydrogen-bond acceptors (Lipinski definition) is 2. The number of fused-ring (bicyclic) bond motifs is 1. The minimum Gasteiger partial charge on any atom is -0.478 e. The van der Waals surface area contributed by atoms with Crippen molar-refractivity contribution in [3.05, 3.63) is 34.6 Å². The maximum absolute atomic E-state index is 13.2. The van der Waals surface area contributed by atoms with Gasteiger partial charge in [-0.1, -0.05) is 0 Å². The normalized spacial score (nSPS) is 19.7. The van der Waals surface area contributed by atoms with Gasteiger partial charge in [-0.25, -0.2) is 9.18 Å². The zero-order chi connectivity index (χ0) is 11.0. The number of carboxylic acid groups (broad SMARTS) is 1. The molecule has 3 nitrogen and oxygen atoms in total. The summed E-state index contributed by atoms with van der Waals surface area (Å²) in [4.78, 5) is 10.9. The van der Waals surface area contributed by atoms with Crippen molar-refractivity contribution >= 4 is 5.97 Å². The zero-order valence-electron chi connectivity index (χ0n) is 8.16. The van der Waals surface area contributed by atoms with E-state index in [1.165, 1.54) is 6.07 Å². The Morgan fingerprint density at radius 1 is 1.53 bits per heavy atom. The third kappa shape index (κ3) is 1.72. The van der Waals surface area contributed by atoms with Crippen LogP contribution in [0.1, 0.15) is 40.4 Å². The molecule has 4 heteroatoms. The Morgan fingerprint density at radius 3 is 2.93 bits per heavy atom. The first-order chi connectivity index (χ1) is 7.09. The lowest BCUT2D eigenvalue weighted by molar-refractivity contribution is 0.0694. The van der Waals surface area contributed by atoms with Gasteiger partial charge in [-0.2, -0.15) is 0 Å². The molecule has 0 aliphatic heterocycles. The lowest BCUT2D eigenvalue weighted by atomic mass is 9.85. The summed E-state index contributed by atoms with van der Waals surface area (Å²) in [6.45, 7) is 0. The number of benzene rings is 1. The molecule has 0 amide bonds. The summed E-state index contributed by atoms with van der Waals surface area (Å²) in [7, 11) is 0. The van der Waals surface area contributed by atoms with E-state index in [0.29, 0.717) is 17.5 Å².